The van der Waals surface area contributed by atoms with E-state index < -0.39 is 21.8 Å². The van der Waals surface area contributed by atoms with Crippen LogP contribution in [0.2, 0.25) is 0 Å². The van der Waals surface area contributed by atoms with Gasteiger partial charge < -0.3 is 13.9 Å². The van der Waals surface area contributed by atoms with Crippen molar-refractivity contribution >= 4 is 16.0 Å². The number of furan rings is 1. The van der Waals surface area contributed by atoms with E-state index in [2.05, 4.69) is 4.72 Å². The van der Waals surface area contributed by atoms with E-state index in [0.717, 1.165) is 0 Å². The van der Waals surface area contributed by atoms with Gasteiger partial charge in [-0.25, -0.2) is 22.3 Å². The lowest BCUT2D eigenvalue weighted by Crippen LogP contribution is -2.23. The van der Waals surface area contributed by atoms with Gasteiger partial charge in [-0.05, 0) is 48.5 Å². The Morgan fingerprint density at radius 1 is 1.00 bits per heavy atom. The van der Waals surface area contributed by atoms with Gasteiger partial charge in [0.2, 0.25) is 10.0 Å². The van der Waals surface area contributed by atoms with Gasteiger partial charge in [-0.3, -0.25) is 0 Å². The SMILES string of the molecule is O=C(OCCOc1ccccc1F)c1ccc(S(=O)(=O)NCc2ccco2)cc1. The molecule has 0 spiro atoms. The number of carbonyl (C=O) groups is 1. The number of ether oxygens (including phenoxy) is 2. The predicted octanol–water partition coefficient (Wildman–Crippen LogP) is 3.13. The Kier molecular flexibility index (Phi) is 6.63. The summed E-state index contributed by atoms with van der Waals surface area (Å²) in [6, 6.07) is 14.5. The lowest BCUT2D eigenvalue weighted by molar-refractivity contribution is 0.0448. The highest BCUT2D eigenvalue weighted by atomic mass is 32.2. The Balaban J connectivity index is 1.49. The van der Waals surface area contributed by atoms with Crippen molar-refractivity contribution in [2.45, 2.75) is 11.4 Å². The largest absolute Gasteiger partial charge is 0.487 e. The average Bonchev–Trinajstić information content (AvgIpc) is 3.25. The third-order valence-electron chi connectivity index (χ3n) is 3.83. The molecule has 1 N–H and O–H groups in total. The highest BCUT2D eigenvalue weighted by molar-refractivity contribution is 7.89. The van der Waals surface area contributed by atoms with Crippen molar-refractivity contribution in [3.8, 4) is 5.75 Å². The van der Waals surface area contributed by atoms with Crippen molar-refractivity contribution in [1.82, 2.24) is 4.72 Å². The van der Waals surface area contributed by atoms with Crippen LogP contribution in [-0.4, -0.2) is 27.6 Å². The summed E-state index contributed by atoms with van der Waals surface area (Å²) >= 11 is 0. The van der Waals surface area contributed by atoms with Crippen LogP contribution in [0.1, 0.15) is 16.1 Å². The molecule has 0 atom stereocenters. The molecule has 0 aliphatic carbocycles. The normalized spacial score (nSPS) is 11.2. The first-order valence-electron chi connectivity index (χ1n) is 8.62. The molecule has 3 aromatic rings. The average molecular weight is 419 g/mol. The first-order valence-corrected chi connectivity index (χ1v) is 10.1. The molecule has 0 saturated heterocycles. The lowest BCUT2D eigenvalue weighted by atomic mass is 10.2. The number of sulfonamides is 1. The van der Waals surface area contributed by atoms with Crippen LogP contribution in [0.4, 0.5) is 4.39 Å². The molecule has 0 saturated carbocycles. The van der Waals surface area contributed by atoms with E-state index in [1.807, 2.05) is 0 Å². The highest BCUT2D eigenvalue weighted by Crippen LogP contribution is 2.15. The highest BCUT2D eigenvalue weighted by Gasteiger charge is 2.16. The van der Waals surface area contributed by atoms with E-state index in [-0.39, 0.29) is 36.0 Å². The van der Waals surface area contributed by atoms with Crippen molar-refractivity contribution in [2.75, 3.05) is 13.2 Å². The molecule has 9 heteroatoms. The minimum absolute atomic E-state index is 0.00323. The summed E-state index contributed by atoms with van der Waals surface area (Å²) in [5.41, 5.74) is 0.181. The fourth-order valence-corrected chi connectivity index (χ4v) is 3.36. The minimum atomic E-state index is -3.75. The van der Waals surface area contributed by atoms with Gasteiger partial charge in [0.1, 0.15) is 19.0 Å². The van der Waals surface area contributed by atoms with Gasteiger partial charge in [-0.2, -0.15) is 0 Å². The molecule has 2 aromatic carbocycles. The maximum Gasteiger partial charge on any atom is 0.338 e. The van der Waals surface area contributed by atoms with Gasteiger partial charge in [0.05, 0.1) is 23.3 Å². The second-order valence-corrected chi connectivity index (χ2v) is 7.61. The fourth-order valence-electron chi connectivity index (χ4n) is 2.36. The van der Waals surface area contributed by atoms with Crippen molar-refractivity contribution in [3.63, 3.8) is 0 Å². The van der Waals surface area contributed by atoms with Crippen LogP contribution in [0.25, 0.3) is 0 Å². The zero-order valence-electron chi connectivity index (χ0n) is 15.2. The van der Waals surface area contributed by atoms with Gasteiger partial charge in [0, 0.05) is 0 Å². The van der Waals surface area contributed by atoms with Gasteiger partial charge in [0.15, 0.2) is 11.6 Å². The molecule has 0 bridgehead atoms. The number of nitrogens with one attached hydrogen (secondary N) is 1. The molecule has 7 nitrogen and oxygen atoms in total. The van der Waals surface area contributed by atoms with Crippen LogP contribution < -0.4 is 9.46 Å². The minimum Gasteiger partial charge on any atom is -0.487 e. The summed E-state index contributed by atoms with van der Waals surface area (Å²) in [7, 11) is -3.75. The summed E-state index contributed by atoms with van der Waals surface area (Å²) in [5, 5.41) is 0. The van der Waals surface area contributed by atoms with E-state index in [9.17, 15) is 17.6 Å². The summed E-state index contributed by atoms with van der Waals surface area (Å²) < 4.78 is 55.7. The number of carbonyl (C=O) groups excluding carboxylic acids is 1. The number of hydrogen-bond donors (Lipinski definition) is 1. The maximum atomic E-state index is 13.4. The van der Waals surface area contributed by atoms with Gasteiger partial charge in [0.25, 0.3) is 0 Å². The lowest BCUT2D eigenvalue weighted by Gasteiger charge is -2.09. The predicted molar refractivity (Wildman–Crippen MR) is 101 cm³/mol. The van der Waals surface area contributed by atoms with Gasteiger partial charge in [-0.1, -0.05) is 12.1 Å². The molecule has 0 radical (unpaired) electrons. The van der Waals surface area contributed by atoms with Crippen molar-refractivity contribution in [1.29, 1.82) is 0 Å². The Morgan fingerprint density at radius 2 is 1.76 bits per heavy atom. The van der Waals surface area contributed by atoms with E-state index in [4.69, 9.17) is 13.9 Å². The fraction of sp³-hybridized carbons (Fsp3) is 0.150. The van der Waals surface area contributed by atoms with Crippen LogP contribution in [-0.2, 0) is 21.3 Å². The van der Waals surface area contributed by atoms with Crippen molar-refractivity contribution < 1.29 is 31.5 Å². The summed E-state index contributed by atoms with van der Waals surface area (Å²) in [6.45, 7) is -0.0884. The Labute approximate surface area is 167 Å². The number of rotatable bonds is 9. The Bertz CT molecular complexity index is 1050. The zero-order chi connectivity index (χ0) is 20.7. The summed E-state index contributed by atoms with van der Waals surface area (Å²) in [6.07, 6.45) is 1.45. The van der Waals surface area contributed by atoms with Crippen LogP contribution in [0.5, 0.6) is 5.75 Å². The number of hydrogen-bond acceptors (Lipinski definition) is 6. The zero-order valence-corrected chi connectivity index (χ0v) is 16.0. The number of para-hydroxylation sites is 1. The van der Waals surface area contributed by atoms with Crippen LogP contribution in [0, 0.1) is 5.82 Å². The number of esters is 1. The van der Waals surface area contributed by atoms with E-state index in [0.29, 0.717) is 5.76 Å². The summed E-state index contributed by atoms with van der Waals surface area (Å²) in [5.74, 6) is -0.600. The molecule has 0 unspecified atom stereocenters. The Morgan fingerprint density at radius 3 is 2.45 bits per heavy atom. The monoisotopic (exact) mass is 419 g/mol. The Hall–Kier alpha value is -3.17. The second-order valence-electron chi connectivity index (χ2n) is 5.84. The molecule has 152 valence electrons. The number of benzene rings is 2. The number of halogens is 1. The van der Waals surface area contributed by atoms with Gasteiger partial charge >= 0.3 is 5.97 Å². The molecule has 29 heavy (non-hydrogen) atoms. The standard InChI is InChI=1S/C20H18FNO6S/c21-18-5-1-2-6-19(18)27-12-13-28-20(23)15-7-9-17(10-8-15)29(24,25)22-14-16-4-3-11-26-16/h1-11,22H,12-14H2. The quantitative estimate of drug-likeness (QED) is 0.423. The van der Waals surface area contributed by atoms with Crippen molar-refractivity contribution in [3.05, 3.63) is 84.1 Å². The van der Waals surface area contributed by atoms with Crippen LogP contribution in [0.3, 0.4) is 0 Å². The van der Waals surface area contributed by atoms with Crippen LogP contribution >= 0.6 is 0 Å². The molecule has 0 fully saturated rings. The molecule has 1 aromatic heterocycles. The topological polar surface area (TPSA) is 94.8 Å². The maximum absolute atomic E-state index is 13.4. The molecule has 0 aliphatic rings. The molecule has 1 heterocycles. The molecule has 0 amide bonds. The van der Waals surface area contributed by atoms with Gasteiger partial charge in [-0.15, -0.1) is 0 Å². The van der Waals surface area contributed by atoms with Crippen molar-refractivity contribution in [2.24, 2.45) is 0 Å². The third kappa shape index (κ3) is 5.66. The second kappa shape index (κ2) is 9.35. The molecule has 0 aliphatic heterocycles. The molecule has 3 rings (SSSR count). The smallest absolute Gasteiger partial charge is 0.338 e. The van der Waals surface area contributed by atoms with Crippen LogP contribution in [0.15, 0.2) is 76.2 Å². The molecular weight excluding hydrogens is 401 g/mol. The first kappa shape index (κ1) is 20.6. The van der Waals surface area contributed by atoms with E-state index >= 15 is 0 Å². The third-order valence-corrected chi connectivity index (χ3v) is 5.24. The first-order chi connectivity index (χ1) is 14.0. The molecular formula is C20H18FNO6S. The van der Waals surface area contributed by atoms with E-state index in [1.54, 1.807) is 24.3 Å². The summed E-state index contributed by atoms with van der Waals surface area (Å²) in [4.78, 5) is 12.0. The van der Waals surface area contributed by atoms with E-state index in [1.165, 1.54) is 42.7 Å².